The molecule has 1 heterocycles. The zero-order valence-corrected chi connectivity index (χ0v) is 10.5. The highest BCUT2D eigenvalue weighted by atomic mass is 35.5. The number of rotatable bonds is 3. The van der Waals surface area contributed by atoms with Crippen LogP contribution in [0.5, 0.6) is 0 Å². The van der Waals surface area contributed by atoms with Crippen LogP contribution in [0.4, 0.5) is 0 Å². The third-order valence-corrected chi connectivity index (χ3v) is 3.07. The van der Waals surface area contributed by atoms with E-state index in [4.69, 9.17) is 16.0 Å². The molecule has 2 nitrogen and oxygen atoms in total. The SMILES string of the molecule is Cc1ccc(CC(=O)c2ccoc2C)c(Cl)c1. The summed E-state index contributed by atoms with van der Waals surface area (Å²) in [5.74, 6) is 0.681. The maximum atomic E-state index is 12.0. The Hall–Kier alpha value is -1.54. The Bertz CT molecular complexity index is 555. The molecule has 0 atom stereocenters. The molecule has 2 aromatic rings. The molecule has 0 bridgehead atoms. The smallest absolute Gasteiger partial charge is 0.170 e. The summed E-state index contributed by atoms with van der Waals surface area (Å²) < 4.78 is 5.12. The van der Waals surface area contributed by atoms with Gasteiger partial charge in [-0.15, -0.1) is 0 Å². The highest BCUT2D eigenvalue weighted by Gasteiger charge is 2.13. The number of ketones is 1. The molecule has 0 spiro atoms. The van der Waals surface area contributed by atoms with Crippen LogP contribution >= 0.6 is 11.6 Å². The van der Waals surface area contributed by atoms with Gasteiger partial charge in [-0.25, -0.2) is 0 Å². The molecular weight excluding hydrogens is 236 g/mol. The highest BCUT2D eigenvalue weighted by molar-refractivity contribution is 6.31. The molecule has 1 aromatic heterocycles. The van der Waals surface area contributed by atoms with Gasteiger partial charge in [-0.3, -0.25) is 4.79 Å². The van der Waals surface area contributed by atoms with Gasteiger partial charge in [0.05, 0.1) is 11.8 Å². The first-order chi connectivity index (χ1) is 8.08. The van der Waals surface area contributed by atoms with Gasteiger partial charge in [0.1, 0.15) is 5.76 Å². The molecule has 0 radical (unpaired) electrons. The molecule has 2 rings (SSSR count). The van der Waals surface area contributed by atoms with Gasteiger partial charge < -0.3 is 4.42 Å². The first kappa shape index (κ1) is 11.9. The molecule has 0 saturated carbocycles. The minimum atomic E-state index is 0.0296. The Kier molecular flexibility index (Phi) is 3.34. The van der Waals surface area contributed by atoms with Crippen molar-refractivity contribution in [2.45, 2.75) is 20.3 Å². The first-order valence-electron chi connectivity index (χ1n) is 5.40. The number of aryl methyl sites for hydroxylation is 2. The molecule has 1 aromatic carbocycles. The third-order valence-electron chi connectivity index (χ3n) is 2.72. The molecule has 0 aliphatic carbocycles. The second-order valence-corrected chi connectivity index (χ2v) is 4.49. The Morgan fingerprint density at radius 3 is 2.65 bits per heavy atom. The van der Waals surface area contributed by atoms with Crippen LogP contribution < -0.4 is 0 Å². The van der Waals surface area contributed by atoms with Crippen LogP contribution in [0, 0.1) is 13.8 Å². The van der Waals surface area contributed by atoms with Crippen molar-refractivity contribution in [3.05, 3.63) is 58.0 Å². The van der Waals surface area contributed by atoms with E-state index in [0.717, 1.165) is 11.1 Å². The summed E-state index contributed by atoms with van der Waals surface area (Å²) >= 11 is 6.10. The molecule has 0 amide bonds. The Labute approximate surface area is 105 Å². The van der Waals surface area contributed by atoms with Crippen molar-refractivity contribution in [2.24, 2.45) is 0 Å². The van der Waals surface area contributed by atoms with Crippen LogP contribution in [0.2, 0.25) is 5.02 Å². The average Bonchev–Trinajstić information content (AvgIpc) is 2.68. The second-order valence-electron chi connectivity index (χ2n) is 4.09. The zero-order chi connectivity index (χ0) is 12.4. The number of Topliss-reactive ketones (excluding diaryl/α,β-unsaturated/α-hetero) is 1. The van der Waals surface area contributed by atoms with Crippen LogP contribution in [0.25, 0.3) is 0 Å². The van der Waals surface area contributed by atoms with Gasteiger partial charge in [0, 0.05) is 11.4 Å². The maximum absolute atomic E-state index is 12.0. The predicted molar refractivity (Wildman–Crippen MR) is 67.7 cm³/mol. The van der Waals surface area contributed by atoms with E-state index in [1.807, 2.05) is 25.1 Å². The van der Waals surface area contributed by atoms with Crippen molar-refractivity contribution < 1.29 is 9.21 Å². The van der Waals surface area contributed by atoms with E-state index in [1.54, 1.807) is 13.0 Å². The summed E-state index contributed by atoms with van der Waals surface area (Å²) in [6, 6.07) is 7.41. The lowest BCUT2D eigenvalue weighted by Crippen LogP contribution is -2.04. The fraction of sp³-hybridized carbons (Fsp3) is 0.214. The summed E-state index contributed by atoms with van der Waals surface area (Å²) in [7, 11) is 0. The number of halogens is 1. The van der Waals surface area contributed by atoms with Crippen LogP contribution in [-0.2, 0) is 6.42 Å². The quantitative estimate of drug-likeness (QED) is 0.770. The van der Waals surface area contributed by atoms with Crippen molar-refractivity contribution in [3.63, 3.8) is 0 Å². The molecule has 0 unspecified atom stereocenters. The van der Waals surface area contributed by atoms with Crippen molar-refractivity contribution in [2.75, 3.05) is 0 Å². The lowest BCUT2D eigenvalue weighted by molar-refractivity contribution is 0.0991. The van der Waals surface area contributed by atoms with Gasteiger partial charge in [-0.05, 0) is 37.1 Å². The number of hydrogen-bond acceptors (Lipinski definition) is 2. The van der Waals surface area contributed by atoms with E-state index in [2.05, 4.69) is 0 Å². The standard InChI is InChI=1S/C14H13ClO2/c1-9-3-4-11(13(15)7-9)8-14(16)12-5-6-17-10(12)2/h3-7H,8H2,1-2H3. The van der Waals surface area contributed by atoms with E-state index in [9.17, 15) is 4.79 Å². The van der Waals surface area contributed by atoms with Gasteiger partial charge in [-0.2, -0.15) is 0 Å². The second kappa shape index (κ2) is 4.76. The number of carbonyl (C=O) groups is 1. The van der Waals surface area contributed by atoms with Gasteiger partial charge in [0.2, 0.25) is 0 Å². The van der Waals surface area contributed by atoms with Crippen LogP contribution in [0.15, 0.2) is 34.9 Å². The lowest BCUT2D eigenvalue weighted by Gasteiger charge is -2.04. The average molecular weight is 249 g/mol. The molecule has 0 aliphatic rings. The van der Waals surface area contributed by atoms with Gasteiger partial charge in [0.25, 0.3) is 0 Å². The fourth-order valence-electron chi connectivity index (χ4n) is 1.74. The Balaban J connectivity index is 2.22. The Morgan fingerprint density at radius 2 is 2.06 bits per heavy atom. The molecule has 88 valence electrons. The first-order valence-corrected chi connectivity index (χ1v) is 5.78. The molecule has 0 aliphatic heterocycles. The van der Waals surface area contributed by atoms with E-state index < -0.39 is 0 Å². The van der Waals surface area contributed by atoms with E-state index >= 15 is 0 Å². The number of benzene rings is 1. The molecular formula is C14H13ClO2. The topological polar surface area (TPSA) is 30.2 Å². The van der Waals surface area contributed by atoms with Crippen molar-refractivity contribution in [1.29, 1.82) is 0 Å². The van der Waals surface area contributed by atoms with E-state index in [1.165, 1.54) is 6.26 Å². The van der Waals surface area contributed by atoms with Gasteiger partial charge >= 0.3 is 0 Å². The van der Waals surface area contributed by atoms with Crippen molar-refractivity contribution >= 4 is 17.4 Å². The minimum Gasteiger partial charge on any atom is -0.469 e. The number of hydrogen-bond donors (Lipinski definition) is 0. The Morgan fingerprint density at radius 1 is 1.29 bits per heavy atom. The molecule has 3 heteroatoms. The molecule has 0 fully saturated rings. The summed E-state index contributed by atoms with van der Waals surface area (Å²) in [4.78, 5) is 12.0. The molecule has 0 N–H and O–H groups in total. The van der Waals surface area contributed by atoms with Gasteiger partial charge in [-0.1, -0.05) is 23.7 Å². The number of carbonyl (C=O) groups excluding carboxylic acids is 1. The normalized spacial score (nSPS) is 10.5. The van der Waals surface area contributed by atoms with Crippen molar-refractivity contribution in [1.82, 2.24) is 0 Å². The van der Waals surface area contributed by atoms with Crippen molar-refractivity contribution in [3.8, 4) is 0 Å². The number of furan rings is 1. The van der Waals surface area contributed by atoms with Gasteiger partial charge in [0.15, 0.2) is 5.78 Å². The van der Waals surface area contributed by atoms with E-state index in [-0.39, 0.29) is 5.78 Å². The summed E-state index contributed by atoms with van der Waals surface area (Å²) in [5.41, 5.74) is 2.56. The third kappa shape index (κ3) is 2.59. The monoisotopic (exact) mass is 248 g/mol. The largest absolute Gasteiger partial charge is 0.469 e. The summed E-state index contributed by atoms with van der Waals surface area (Å²) in [5, 5.41) is 0.638. The van der Waals surface area contributed by atoms with Crippen LogP contribution in [-0.4, -0.2) is 5.78 Å². The highest BCUT2D eigenvalue weighted by Crippen LogP contribution is 2.20. The maximum Gasteiger partial charge on any atom is 0.170 e. The molecule has 0 saturated heterocycles. The summed E-state index contributed by atoms with van der Waals surface area (Å²) in [6.07, 6.45) is 1.83. The molecule has 17 heavy (non-hydrogen) atoms. The fourth-order valence-corrected chi connectivity index (χ4v) is 2.04. The minimum absolute atomic E-state index is 0.0296. The lowest BCUT2D eigenvalue weighted by atomic mass is 10.0. The zero-order valence-electron chi connectivity index (χ0n) is 9.79. The van der Waals surface area contributed by atoms with Crippen LogP contribution in [0.1, 0.15) is 27.2 Å². The summed E-state index contributed by atoms with van der Waals surface area (Å²) in [6.45, 7) is 3.75. The predicted octanol–water partition coefficient (Wildman–Crippen LogP) is 3.98. The van der Waals surface area contributed by atoms with Crippen LogP contribution in [0.3, 0.4) is 0 Å². The van der Waals surface area contributed by atoms with E-state index in [0.29, 0.717) is 22.8 Å².